The largest absolute Gasteiger partial charge is 0.290 e. The second-order valence-electron chi connectivity index (χ2n) is 5.36. The van der Waals surface area contributed by atoms with E-state index >= 15 is 0 Å². The van der Waals surface area contributed by atoms with E-state index in [0.29, 0.717) is 0 Å². The fourth-order valence-electron chi connectivity index (χ4n) is 2.56. The number of nitrogens with zero attached hydrogens (tertiary/aromatic N) is 2. The van der Waals surface area contributed by atoms with Gasteiger partial charge in [-0.2, -0.15) is 4.98 Å². The lowest BCUT2D eigenvalue weighted by Gasteiger charge is -2.01. The summed E-state index contributed by atoms with van der Waals surface area (Å²) in [6.45, 7) is 0. The van der Waals surface area contributed by atoms with Crippen LogP contribution in [-0.4, -0.2) is 9.97 Å². The van der Waals surface area contributed by atoms with Gasteiger partial charge in [0.25, 0.3) is 5.13 Å². The molecule has 0 saturated heterocycles. The maximum Gasteiger partial charge on any atom is 0.290 e. The minimum Gasteiger partial charge on any atom is -0.239 e. The number of pyridine rings is 1. The third-order valence-corrected chi connectivity index (χ3v) is 4.74. The number of rotatable bonds is 4. The second kappa shape index (κ2) is 6.74. The average Bonchev–Trinajstić information content (AvgIpc) is 3.08. The summed E-state index contributed by atoms with van der Waals surface area (Å²) >= 11 is 1.70. The van der Waals surface area contributed by atoms with Gasteiger partial charge in [-0.3, -0.25) is 0 Å². The van der Waals surface area contributed by atoms with Gasteiger partial charge in [-0.1, -0.05) is 78.1 Å². The molecule has 24 heavy (non-hydrogen) atoms. The third-order valence-electron chi connectivity index (χ3n) is 3.69. The van der Waals surface area contributed by atoms with Gasteiger partial charge in [0.15, 0.2) is 0 Å². The quantitative estimate of drug-likeness (QED) is 0.603. The molecule has 0 radical (unpaired) electrons. The Kier molecular flexibility index (Phi) is 4.14. The van der Waals surface area contributed by atoms with E-state index in [1.807, 2.05) is 47.8 Å². The van der Waals surface area contributed by atoms with Crippen molar-refractivity contribution in [3.63, 3.8) is 0 Å². The van der Waals surface area contributed by atoms with E-state index in [2.05, 4.69) is 41.4 Å². The first-order valence-corrected chi connectivity index (χ1v) is 8.59. The fourth-order valence-corrected chi connectivity index (χ4v) is 3.60. The Hall–Kier alpha value is -2.82. The highest BCUT2D eigenvalue weighted by Crippen LogP contribution is 2.37. The molecule has 0 bridgehead atoms. The van der Waals surface area contributed by atoms with Crippen LogP contribution in [-0.2, 0) is 0 Å². The summed E-state index contributed by atoms with van der Waals surface area (Å²) in [7, 11) is 0. The van der Waals surface area contributed by atoms with E-state index in [-0.39, 0.29) is 0 Å². The molecule has 4 aromatic rings. The van der Waals surface area contributed by atoms with Crippen molar-refractivity contribution < 1.29 is 5.32 Å². The Bertz CT molecular complexity index is 862. The molecule has 3 nitrogen and oxygen atoms in total. The zero-order valence-corrected chi connectivity index (χ0v) is 13.8. The monoisotopic (exact) mass is 330 g/mol. The summed E-state index contributed by atoms with van der Waals surface area (Å²) < 4.78 is 0. The van der Waals surface area contributed by atoms with Crippen LogP contribution in [0.15, 0.2) is 85.1 Å². The number of benzene rings is 2. The molecule has 0 unspecified atom stereocenters. The number of quaternary nitrogens is 1. The third kappa shape index (κ3) is 3.11. The van der Waals surface area contributed by atoms with E-state index in [1.54, 1.807) is 17.5 Å². The van der Waals surface area contributed by atoms with Crippen LogP contribution >= 0.6 is 11.3 Å². The van der Waals surface area contributed by atoms with Gasteiger partial charge in [-0.05, 0) is 11.6 Å². The van der Waals surface area contributed by atoms with Crippen molar-refractivity contribution in [1.82, 2.24) is 9.97 Å². The van der Waals surface area contributed by atoms with E-state index in [1.165, 1.54) is 10.4 Å². The zero-order valence-electron chi connectivity index (χ0n) is 13.0. The highest BCUT2D eigenvalue weighted by Gasteiger charge is 2.17. The summed E-state index contributed by atoms with van der Waals surface area (Å²) in [6.07, 6.45) is 1.80. The maximum absolute atomic E-state index is 4.88. The van der Waals surface area contributed by atoms with Crippen molar-refractivity contribution in [2.75, 3.05) is 0 Å². The number of nitrogens with two attached hydrogens (primary N) is 1. The summed E-state index contributed by atoms with van der Waals surface area (Å²) in [5, 5.41) is 3.00. The van der Waals surface area contributed by atoms with Crippen molar-refractivity contribution in [3.05, 3.63) is 85.1 Å². The van der Waals surface area contributed by atoms with Crippen LogP contribution in [0.5, 0.6) is 0 Å². The normalized spacial score (nSPS) is 10.7. The first-order valence-electron chi connectivity index (χ1n) is 7.77. The molecule has 0 saturated carbocycles. The molecular weight excluding hydrogens is 314 g/mol. The lowest BCUT2D eigenvalue weighted by molar-refractivity contribution is -0.482. The molecule has 4 heteroatoms. The lowest BCUT2D eigenvalue weighted by atomic mass is 10.1. The summed E-state index contributed by atoms with van der Waals surface area (Å²) in [5.74, 6) is 0.922. The van der Waals surface area contributed by atoms with Gasteiger partial charge in [0, 0.05) is 17.8 Å². The van der Waals surface area contributed by atoms with Crippen LogP contribution in [0.2, 0.25) is 0 Å². The van der Waals surface area contributed by atoms with Gasteiger partial charge in [-0.25, -0.2) is 10.3 Å². The Morgan fingerprint density at radius 3 is 2.04 bits per heavy atom. The molecule has 0 amide bonds. The van der Waals surface area contributed by atoms with Crippen LogP contribution in [0.1, 0.15) is 0 Å². The van der Waals surface area contributed by atoms with Crippen molar-refractivity contribution >= 4 is 22.3 Å². The second-order valence-corrected chi connectivity index (χ2v) is 6.39. The van der Waals surface area contributed by atoms with Crippen LogP contribution < -0.4 is 5.32 Å². The van der Waals surface area contributed by atoms with Gasteiger partial charge >= 0.3 is 0 Å². The Morgan fingerprint density at radius 2 is 1.38 bits per heavy atom. The van der Waals surface area contributed by atoms with E-state index in [4.69, 9.17) is 4.98 Å². The van der Waals surface area contributed by atoms with E-state index < -0.39 is 0 Å². The zero-order chi connectivity index (χ0) is 16.2. The highest BCUT2D eigenvalue weighted by molar-refractivity contribution is 7.18. The topological polar surface area (TPSA) is 42.4 Å². The van der Waals surface area contributed by atoms with Gasteiger partial charge in [0.05, 0.1) is 10.6 Å². The first kappa shape index (κ1) is 14.8. The molecule has 0 atom stereocenters. The smallest absolute Gasteiger partial charge is 0.239 e. The molecule has 0 spiro atoms. The Morgan fingerprint density at radius 1 is 0.708 bits per heavy atom. The summed E-state index contributed by atoms with van der Waals surface area (Å²) in [5.41, 5.74) is 3.34. The standard InChI is InChI=1S/C20H15N3S/c1-3-9-15(10-4-1)18-19(16-11-5-2-6-12-16)24-20(23-18)22-17-13-7-8-14-21-17/h1-14H,(H,21,22,23)/p+1. The molecule has 0 fully saturated rings. The predicted molar refractivity (Wildman–Crippen MR) is 98.5 cm³/mol. The molecule has 2 aromatic carbocycles. The van der Waals surface area contributed by atoms with Crippen molar-refractivity contribution in [3.8, 4) is 21.7 Å². The molecule has 2 heterocycles. The maximum atomic E-state index is 4.88. The van der Waals surface area contributed by atoms with Gasteiger partial charge in [0.1, 0.15) is 0 Å². The number of aromatic nitrogens is 2. The predicted octanol–water partition coefficient (Wildman–Crippen LogP) is 4.40. The van der Waals surface area contributed by atoms with E-state index in [0.717, 1.165) is 22.2 Å². The molecular formula is C20H16N3S+. The number of hydrogen-bond donors (Lipinski definition) is 1. The highest BCUT2D eigenvalue weighted by atomic mass is 32.1. The van der Waals surface area contributed by atoms with E-state index in [9.17, 15) is 0 Å². The number of hydrogen-bond acceptors (Lipinski definition) is 3. The van der Waals surface area contributed by atoms with Gasteiger partial charge < -0.3 is 0 Å². The molecule has 0 aliphatic heterocycles. The minimum absolute atomic E-state index is 0.922. The minimum atomic E-state index is 0.922. The first-order chi connectivity index (χ1) is 11.9. The van der Waals surface area contributed by atoms with Crippen LogP contribution in [0.3, 0.4) is 0 Å². The summed E-state index contributed by atoms with van der Waals surface area (Å²) in [4.78, 5) is 10.4. The van der Waals surface area contributed by atoms with Crippen molar-refractivity contribution in [2.45, 2.75) is 0 Å². The molecule has 4 rings (SSSR count). The molecule has 2 N–H and O–H groups in total. The van der Waals surface area contributed by atoms with Crippen LogP contribution in [0.4, 0.5) is 10.9 Å². The Balaban J connectivity index is 1.79. The van der Waals surface area contributed by atoms with Crippen molar-refractivity contribution in [2.24, 2.45) is 0 Å². The molecule has 2 aromatic heterocycles. The average molecular weight is 330 g/mol. The SMILES string of the molecule is c1ccc(-c2nc([NH2+]c3ccccn3)sc2-c2ccccc2)cc1. The van der Waals surface area contributed by atoms with Crippen molar-refractivity contribution in [1.29, 1.82) is 0 Å². The molecule has 0 aliphatic carbocycles. The Labute approximate surface area is 144 Å². The van der Waals surface area contributed by atoms with Crippen LogP contribution in [0, 0.1) is 0 Å². The van der Waals surface area contributed by atoms with Crippen LogP contribution in [0.25, 0.3) is 21.7 Å². The molecule has 0 aliphatic rings. The van der Waals surface area contributed by atoms with Gasteiger partial charge in [-0.15, -0.1) is 0 Å². The fraction of sp³-hybridized carbons (Fsp3) is 0. The lowest BCUT2D eigenvalue weighted by Crippen LogP contribution is -2.71. The summed E-state index contributed by atoms with van der Waals surface area (Å²) in [6, 6.07) is 26.6. The van der Waals surface area contributed by atoms with Gasteiger partial charge in [0.2, 0.25) is 5.82 Å². The molecule has 116 valence electrons. The number of thiazole rings is 1.